The lowest BCUT2D eigenvalue weighted by Gasteiger charge is -2.27. The molecule has 0 bridgehead atoms. The highest BCUT2D eigenvalue weighted by molar-refractivity contribution is 5.22. The molecule has 0 unspecified atom stereocenters. The van der Waals surface area contributed by atoms with E-state index >= 15 is 0 Å². The maximum atomic E-state index is 5.40. The van der Waals surface area contributed by atoms with Gasteiger partial charge in [-0.1, -0.05) is 12.1 Å². The molecule has 1 aliphatic carbocycles. The van der Waals surface area contributed by atoms with Crippen molar-refractivity contribution in [2.75, 3.05) is 6.54 Å². The van der Waals surface area contributed by atoms with Gasteiger partial charge in [0.25, 0.3) is 0 Å². The molecular formula is C16H23N5O. The summed E-state index contributed by atoms with van der Waals surface area (Å²) in [5.74, 6) is 4.17. The molecule has 6 heteroatoms. The van der Waals surface area contributed by atoms with Crippen LogP contribution in [0.15, 0.2) is 4.52 Å². The molecular weight excluding hydrogens is 278 g/mol. The highest BCUT2D eigenvalue weighted by Gasteiger charge is 2.27. The van der Waals surface area contributed by atoms with Crippen molar-refractivity contribution in [1.82, 2.24) is 24.8 Å². The zero-order valence-corrected chi connectivity index (χ0v) is 13.4. The summed E-state index contributed by atoms with van der Waals surface area (Å²) in [6, 6.07) is 0. The summed E-state index contributed by atoms with van der Waals surface area (Å²) in [5.41, 5.74) is 2.26. The molecule has 3 heterocycles. The molecule has 6 nitrogen and oxygen atoms in total. The molecule has 2 aliphatic rings. The maximum absolute atomic E-state index is 5.40. The average molecular weight is 301 g/mol. The highest BCUT2D eigenvalue weighted by atomic mass is 16.5. The Kier molecular flexibility index (Phi) is 3.48. The molecule has 0 N–H and O–H groups in total. The first-order chi connectivity index (χ1) is 10.7. The standard InChI is InChI=1S/C16H23N5O/c1-3-14-13(11(2)19-22-14)9-20-6-7-21-15(8-12-4-5-12)17-18-16(21)10-20/h12H,3-10H2,1-2H3. The minimum absolute atomic E-state index is 0.859. The van der Waals surface area contributed by atoms with Crippen LogP contribution in [0.3, 0.4) is 0 Å². The largest absolute Gasteiger partial charge is 0.361 e. The van der Waals surface area contributed by atoms with E-state index in [1.54, 1.807) is 0 Å². The van der Waals surface area contributed by atoms with Gasteiger partial charge in [0.1, 0.15) is 17.4 Å². The summed E-state index contributed by atoms with van der Waals surface area (Å²) >= 11 is 0. The van der Waals surface area contributed by atoms with Crippen LogP contribution in [0.1, 0.15) is 48.4 Å². The zero-order valence-electron chi connectivity index (χ0n) is 13.4. The molecule has 0 atom stereocenters. The number of nitrogens with zero attached hydrogens (tertiary/aromatic N) is 5. The molecule has 0 spiro atoms. The van der Waals surface area contributed by atoms with E-state index in [4.69, 9.17) is 4.52 Å². The first-order valence-electron chi connectivity index (χ1n) is 8.32. The fourth-order valence-electron chi connectivity index (χ4n) is 3.27. The summed E-state index contributed by atoms with van der Waals surface area (Å²) in [6.07, 6.45) is 4.73. The lowest BCUT2D eigenvalue weighted by atomic mass is 10.1. The van der Waals surface area contributed by atoms with E-state index in [-0.39, 0.29) is 0 Å². The number of hydrogen-bond acceptors (Lipinski definition) is 5. The average Bonchev–Trinajstić information content (AvgIpc) is 3.16. The van der Waals surface area contributed by atoms with E-state index in [0.29, 0.717) is 0 Å². The van der Waals surface area contributed by atoms with Gasteiger partial charge >= 0.3 is 0 Å². The van der Waals surface area contributed by atoms with E-state index in [2.05, 4.69) is 31.7 Å². The van der Waals surface area contributed by atoms with E-state index in [1.165, 1.54) is 24.2 Å². The summed E-state index contributed by atoms with van der Waals surface area (Å²) in [5, 5.41) is 12.9. The number of aryl methyl sites for hydroxylation is 2. The van der Waals surface area contributed by atoms with Crippen molar-refractivity contribution in [3.63, 3.8) is 0 Å². The third-order valence-corrected chi connectivity index (χ3v) is 4.85. The molecule has 2 aromatic heterocycles. The Morgan fingerprint density at radius 3 is 2.86 bits per heavy atom. The molecule has 1 aliphatic heterocycles. The van der Waals surface area contributed by atoms with Crippen LogP contribution in [0.5, 0.6) is 0 Å². The quantitative estimate of drug-likeness (QED) is 0.846. The predicted molar refractivity (Wildman–Crippen MR) is 81.2 cm³/mol. The molecule has 4 rings (SSSR count). The first kappa shape index (κ1) is 13.9. The smallest absolute Gasteiger partial charge is 0.147 e. The minimum atomic E-state index is 0.859. The lowest BCUT2D eigenvalue weighted by molar-refractivity contribution is 0.205. The van der Waals surface area contributed by atoms with Gasteiger partial charge < -0.3 is 9.09 Å². The van der Waals surface area contributed by atoms with E-state index in [9.17, 15) is 0 Å². The number of rotatable bonds is 5. The van der Waals surface area contributed by atoms with Crippen LogP contribution in [0.25, 0.3) is 0 Å². The molecule has 0 radical (unpaired) electrons. The van der Waals surface area contributed by atoms with Crippen molar-refractivity contribution in [3.05, 3.63) is 28.7 Å². The third-order valence-electron chi connectivity index (χ3n) is 4.85. The van der Waals surface area contributed by atoms with Crippen LogP contribution in [0.4, 0.5) is 0 Å². The van der Waals surface area contributed by atoms with Gasteiger partial charge in [0.05, 0.1) is 12.2 Å². The van der Waals surface area contributed by atoms with Crippen LogP contribution in [0.2, 0.25) is 0 Å². The van der Waals surface area contributed by atoms with Gasteiger partial charge in [-0.2, -0.15) is 0 Å². The SMILES string of the molecule is CCc1onc(C)c1CN1CCn2c(CC3CC3)nnc2C1. The Morgan fingerprint density at radius 1 is 1.23 bits per heavy atom. The van der Waals surface area contributed by atoms with Gasteiger partial charge in [-0.15, -0.1) is 10.2 Å². The second-order valence-corrected chi connectivity index (χ2v) is 6.57. The summed E-state index contributed by atoms with van der Waals surface area (Å²) in [4.78, 5) is 2.42. The van der Waals surface area contributed by atoms with Crippen LogP contribution in [-0.2, 0) is 32.5 Å². The molecule has 0 saturated heterocycles. The zero-order chi connectivity index (χ0) is 15.1. The van der Waals surface area contributed by atoms with Crippen molar-refractivity contribution >= 4 is 0 Å². The molecule has 118 valence electrons. The van der Waals surface area contributed by atoms with Crippen molar-refractivity contribution < 1.29 is 4.52 Å². The molecule has 2 aromatic rings. The molecule has 0 amide bonds. The number of aromatic nitrogens is 4. The van der Waals surface area contributed by atoms with Crippen molar-refractivity contribution in [2.24, 2.45) is 5.92 Å². The van der Waals surface area contributed by atoms with E-state index in [1.807, 2.05) is 6.92 Å². The Labute approximate surface area is 130 Å². The lowest BCUT2D eigenvalue weighted by Crippen LogP contribution is -2.34. The highest BCUT2D eigenvalue weighted by Crippen LogP contribution is 2.32. The Hall–Kier alpha value is -1.69. The van der Waals surface area contributed by atoms with Crippen molar-refractivity contribution in [1.29, 1.82) is 0 Å². The third kappa shape index (κ3) is 2.56. The molecule has 1 fully saturated rings. The second kappa shape index (κ2) is 5.50. The Morgan fingerprint density at radius 2 is 2.09 bits per heavy atom. The second-order valence-electron chi connectivity index (χ2n) is 6.57. The maximum Gasteiger partial charge on any atom is 0.147 e. The fourth-order valence-corrected chi connectivity index (χ4v) is 3.27. The summed E-state index contributed by atoms with van der Waals surface area (Å²) in [6.45, 7) is 7.93. The van der Waals surface area contributed by atoms with Gasteiger partial charge in [-0.05, 0) is 25.7 Å². The van der Waals surface area contributed by atoms with Gasteiger partial charge in [-0.3, -0.25) is 4.90 Å². The Bertz CT molecular complexity index is 670. The summed E-state index contributed by atoms with van der Waals surface area (Å²) < 4.78 is 7.73. The monoisotopic (exact) mass is 301 g/mol. The van der Waals surface area contributed by atoms with Crippen LogP contribution < -0.4 is 0 Å². The first-order valence-corrected chi connectivity index (χ1v) is 8.32. The van der Waals surface area contributed by atoms with Gasteiger partial charge in [0.2, 0.25) is 0 Å². The van der Waals surface area contributed by atoms with Crippen molar-refractivity contribution in [2.45, 2.75) is 59.2 Å². The molecule has 1 saturated carbocycles. The number of fused-ring (bicyclic) bond motifs is 1. The minimum Gasteiger partial charge on any atom is -0.361 e. The van der Waals surface area contributed by atoms with Crippen molar-refractivity contribution in [3.8, 4) is 0 Å². The summed E-state index contributed by atoms with van der Waals surface area (Å²) in [7, 11) is 0. The van der Waals surface area contributed by atoms with Gasteiger partial charge in [0, 0.05) is 38.0 Å². The van der Waals surface area contributed by atoms with Crippen LogP contribution >= 0.6 is 0 Å². The Balaban J connectivity index is 1.47. The molecule has 0 aromatic carbocycles. The van der Waals surface area contributed by atoms with Crippen LogP contribution in [-0.4, -0.2) is 31.4 Å². The number of hydrogen-bond donors (Lipinski definition) is 0. The normalized spacial score (nSPS) is 18.6. The van der Waals surface area contributed by atoms with Gasteiger partial charge in [-0.25, -0.2) is 0 Å². The topological polar surface area (TPSA) is 60.0 Å². The van der Waals surface area contributed by atoms with E-state index in [0.717, 1.165) is 62.2 Å². The van der Waals surface area contributed by atoms with Gasteiger partial charge in [0.15, 0.2) is 0 Å². The predicted octanol–water partition coefficient (Wildman–Crippen LogP) is 2.11. The van der Waals surface area contributed by atoms with Crippen LogP contribution in [0, 0.1) is 12.8 Å². The fraction of sp³-hybridized carbons (Fsp3) is 0.688. The molecule has 22 heavy (non-hydrogen) atoms. The van der Waals surface area contributed by atoms with E-state index < -0.39 is 0 Å².